The first kappa shape index (κ1) is 23.0. The van der Waals surface area contributed by atoms with Crippen molar-refractivity contribution in [2.45, 2.75) is 64.8 Å². The largest absolute Gasteiger partial charge is 0.478 e. The van der Waals surface area contributed by atoms with E-state index in [0.717, 1.165) is 47.2 Å². The number of rotatable bonds is 9. The van der Waals surface area contributed by atoms with E-state index in [0.29, 0.717) is 12.0 Å². The van der Waals surface area contributed by atoms with Crippen LogP contribution in [0.25, 0.3) is 11.1 Å². The van der Waals surface area contributed by atoms with E-state index >= 15 is 0 Å². The molecule has 1 heterocycles. The van der Waals surface area contributed by atoms with Gasteiger partial charge in [-0.15, -0.1) is 0 Å². The van der Waals surface area contributed by atoms with Gasteiger partial charge < -0.3 is 5.11 Å². The third-order valence-electron chi connectivity index (χ3n) is 6.59. The predicted octanol–water partition coefficient (Wildman–Crippen LogP) is 6.32. The zero-order valence-electron chi connectivity index (χ0n) is 19.4. The summed E-state index contributed by atoms with van der Waals surface area (Å²) in [5, 5.41) is 14.3. The number of aromatic carboxylic acids is 1. The SMILES string of the molecule is C/C=C/Cn1nc(CCC2CCCCC2)nc1Cc1ccc(-c2ccccc2C(=O)O)cc1. The molecule has 0 amide bonds. The molecule has 5 nitrogen and oxygen atoms in total. The molecule has 0 spiro atoms. The molecule has 5 heteroatoms. The maximum absolute atomic E-state index is 11.6. The van der Waals surface area contributed by atoms with E-state index in [9.17, 15) is 9.90 Å². The van der Waals surface area contributed by atoms with E-state index in [4.69, 9.17) is 10.1 Å². The van der Waals surface area contributed by atoms with E-state index in [1.807, 2.05) is 41.9 Å². The molecule has 1 saturated carbocycles. The van der Waals surface area contributed by atoms with Crippen molar-refractivity contribution in [2.24, 2.45) is 5.92 Å². The molecule has 1 aliphatic carbocycles. The molecule has 33 heavy (non-hydrogen) atoms. The van der Waals surface area contributed by atoms with Gasteiger partial charge >= 0.3 is 5.97 Å². The van der Waals surface area contributed by atoms with Crippen LogP contribution in [-0.4, -0.2) is 25.8 Å². The molecule has 1 fully saturated rings. The summed E-state index contributed by atoms with van der Waals surface area (Å²) < 4.78 is 2.02. The Morgan fingerprint density at radius 2 is 1.85 bits per heavy atom. The van der Waals surface area contributed by atoms with Crippen molar-refractivity contribution >= 4 is 5.97 Å². The monoisotopic (exact) mass is 443 g/mol. The Morgan fingerprint density at radius 3 is 2.58 bits per heavy atom. The van der Waals surface area contributed by atoms with Crippen LogP contribution in [0.1, 0.15) is 73.0 Å². The van der Waals surface area contributed by atoms with Crippen molar-refractivity contribution in [1.82, 2.24) is 14.8 Å². The molecule has 0 radical (unpaired) electrons. The molecule has 2 aromatic carbocycles. The Labute approximate surface area is 196 Å². The van der Waals surface area contributed by atoms with Gasteiger partial charge in [-0.1, -0.05) is 86.7 Å². The summed E-state index contributed by atoms with van der Waals surface area (Å²) in [6, 6.07) is 15.2. The van der Waals surface area contributed by atoms with Crippen LogP contribution in [0.2, 0.25) is 0 Å². The van der Waals surface area contributed by atoms with Crippen LogP contribution in [0.5, 0.6) is 0 Å². The van der Waals surface area contributed by atoms with Crippen molar-refractivity contribution < 1.29 is 9.90 Å². The molecule has 1 N–H and O–H groups in total. The van der Waals surface area contributed by atoms with Crippen LogP contribution < -0.4 is 0 Å². The Balaban J connectivity index is 1.49. The smallest absolute Gasteiger partial charge is 0.336 e. The fourth-order valence-corrected chi connectivity index (χ4v) is 4.73. The van der Waals surface area contributed by atoms with Crippen molar-refractivity contribution in [3.05, 3.63) is 83.5 Å². The van der Waals surface area contributed by atoms with Crippen LogP contribution in [-0.2, 0) is 19.4 Å². The van der Waals surface area contributed by atoms with Crippen LogP contribution in [0.4, 0.5) is 0 Å². The zero-order valence-corrected chi connectivity index (χ0v) is 19.4. The molecule has 0 saturated heterocycles. The quantitative estimate of drug-likeness (QED) is 0.393. The number of carbonyl (C=O) groups is 1. The van der Waals surface area contributed by atoms with Gasteiger partial charge in [-0.05, 0) is 42.0 Å². The maximum atomic E-state index is 11.6. The number of allylic oxidation sites excluding steroid dienone is 2. The van der Waals surface area contributed by atoms with E-state index in [1.165, 1.54) is 38.5 Å². The van der Waals surface area contributed by atoms with Crippen LogP contribution in [0.3, 0.4) is 0 Å². The summed E-state index contributed by atoms with van der Waals surface area (Å²) in [6.07, 6.45) is 13.8. The van der Waals surface area contributed by atoms with Gasteiger partial charge in [0.05, 0.1) is 12.1 Å². The standard InChI is InChI=1S/C28H33N3O2/c1-2-3-19-31-27(29-26(30-31)18-15-21-9-5-4-6-10-21)20-22-13-16-23(17-14-22)24-11-7-8-12-25(24)28(32)33/h2-3,7-8,11-14,16-17,21H,4-6,9-10,15,18-20H2,1H3,(H,32,33)/b3-2+. The molecule has 0 unspecified atom stereocenters. The van der Waals surface area contributed by atoms with E-state index in [2.05, 4.69) is 18.2 Å². The van der Waals surface area contributed by atoms with E-state index in [-0.39, 0.29) is 0 Å². The molecule has 1 aromatic heterocycles. The first-order chi connectivity index (χ1) is 16.1. The van der Waals surface area contributed by atoms with Gasteiger partial charge in [0.15, 0.2) is 5.82 Å². The molecule has 1 aliphatic rings. The third-order valence-corrected chi connectivity index (χ3v) is 6.59. The molecule has 4 rings (SSSR count). The topological polar surface area (TPSA) is 68.0 Å². The highest BCUT2D eigenvalue weighted by atomic mass is 16.4. The summed E-state index contributed by atoms with van der Waals surface area (Å²) in [4.78, 5) is 16.5. The molecular weight excluding hydrogens is 410 g/mol. The summed E-state index contributed by atoms with van der Waals surface area (Å²) in [5.74, 6) is 1.84. The number of aromatic nitrogens is 3. The molecule has 0 bridgehead atoms. The lowest BCUT2D eigenvalue weighted by molar-refractivity contribution is 0.0697. The van der Waals surface area contributed by atoms with Gasteiger partial charge in [0, 0.05) is 12.8 Å². The Kier molecular flexibility index (Phi) is 7.71. The number of benzene rings is 2. The van der Waals surface area contributed by atoms with Gasteiger partial charge in [0.1, 0.15) is 5.82 Å². The van der Waals surface area contributed by atoms with Crippen molar-refractivity contribution in [2.75, 3.05) is 0 Å². The summed E-state index contributed by atoms with van der Waals surface area (Å²) >= 11 is 0. The molecule has 0 aliphatic heterocycles. The summed E-state index contributed by atoms with van der Waals surface area (Å²) in [5.41, 5.74) is 3.09. The second-order valence-corrected chi connectivity index (χ2v) is 8.96. The second kappa shape index (κ2) is 11.1. The Morgan fingerprint density at radius 1 is 1.09 bits per heavy atom. The summed E-state index contributed by atoms with van der Waals surface area (Å²) in [6.45, 7) is 2.75. The first-order valence-corrected chi connectivity index (χ1v) is 12.1. The second-order valence-electron chi connectivity index (χ2n) is 8.96. The zero-order chi connectivity index (χ0) is 23.0. The van der Waals surface area contributed by atoms with E-state index < -0.39 is 5.97 Å². The minimum Gasteiger partial charge on any atom is -0.478 e. The number of hydrogen-bond donors (Lipinski definition) is 1. The average molecular weight is 444 g/mol. The minimum atomic E-state index is -0.910. The Hall–Kier alpha value is -3.21. The number of carboxylic acid groups (broad SMARTS) is 1. The number of aryl methyl sites for hydroxylation is 1. The van der Waals surface area contributed by atoms with Gasteiger partial charge in [-0.3, -0.25) is 0 Å². The fourth-order valence-electron chi connectivity index (χ4n) is 4.73. The summed E-state index contributed by atoms with van der Waals surface area (Å²) in [7, 11) is 0. The molecule has 0 atom stereocenters. The van der Waals surface area contributed by atoms with Gasteiger partial charge in [-0.2, -0.15) is 5.10 Å². The highest BCUT2D eigenvalue weighted by Crippen LogP contribution is 2.27. The van der Waals surface area contributed by atoms with E-state index in [1.54, 1.807) is 12.1 Å². The average Bonchev–Trinajstić information content (AvgIpc) is 3.24. The lowest BCUT2D eigenvalue weighted by atomic mass is 9.86. The predicted molar refractivity (Wildman–Crippen MR) is 131 cm³/mol. The number of carboxylic acids is 1. The van der Waals surface area contributed by atoms with Crippen LogP contribution >= 0.6 is 0 Å². The first-order valence-electron chi connectivity index (χ1n) is 12.1. The van der Waals surface area contributed by atoms with Crippen molar-refractivity contribution in [3.8, 4) is 11.1 Å². The molecule has 172 valence electrons. The highest BCUT2D eigenvalue weighted by molar-refractivity contribution is 5.95. The van der Waals surface area contributed by atoms with Gasteiger partial charge in [0.25, 0.3) is 0 Å². The maximum Gasteiger partial charge on any atom is 0.336 e. The minimum absolute atomic E-state index is 0.318. The van der Waals surface area contributed by atoms with Crippen LogP contribution in [0, 0.1) is 5.92 Å². The van der Waals surface area contributed by atoms with Gasteiger partial charge in [0.2, 0.25) is 0 Å². The highest BCUT2D eigenvalue weighted by Gasteiger charge is 2.16. The Bertz CT molecular complexity index is 1090. The normalized spacial score (nSPS) is 14.7. The number of nitrogens with zero attached hydrogens (tertiary/aromatic N) is 3. The molecule has 3 aromatic rings. The van der Waals surface area contributed by atoms with Crippen molar-refractivity contribution in [1.29, 1.82) is 0 Å². The molecular formula is C28H33N3O2. The van der Waals surface area contributed by atoms with Crippen molar-refractivity contribution in [3.63, 3.8) is 0 Å². The number of hydrogen-bond acceptors (Lipinski definition) is 3. The van der Waals surface area contributed by atoms with Crippen LogP contribution in [0.15, 0.2) is 60.7 Å². The van der Waals surface area contributed by atoms with Gasteiger partial charge in [-0.25, -0.2) is 14.5 Å². The fraction of sp³-hybridized carbons (Fsp3) is 0.393. The lowest BCUT2D eigenvalue weighted by Gasteiger charge is -2.20. The third kappa shape index (κ3) is 5.98. The lowest BCUT2D eigenvalue weighted by Crippen LogP contribution is -2.08.